The van der Waals surface area contributed by atoms with E-state index in [1.54, 1.807) is 6.07 Å². The third-order valence-corrected chi connectivity index (χ3v) is 2.47. The van der Waals surface area contributed by atoms with Gasteiger partial charge in [0.15, 0.2) is 0 Å². The van der Waals surface area contributed by atoms with E-state index in [0.29, 0.717) is 30.1 Å². The Labute approximate surface area is 95.0 Å². The molecule has 82 valence electrons. The summed E-state index contributed by atoms with van der Waals surface area (Å²) in [7, 11) is 0. The van der Waals surface area contributed by atoms with Crippen molar-refractivity contribution in [2.45, 2.75) is 18.2 Å². The molecule has 0 heterocycles. The number of primary amides is 1. The standard InChI is InChI=1S/C11H15NO2S/c1-2-14-7-6-8-4-3-5-9(15)10(8)11(12)13/h3-5,15H,2,6-7H2,1H3,(H2,12,13). The summed E-state index contributed by atoms with van der Waals surface area (Å²) in [5.41, 5.74) is 6.68. The largest absolute Gasteiger partial charge is 0.381 e. The van der Waals surface area contributed by atoms with Crippen LogP contribution in [0, 0.1) is 0 Å². The number of hydrogen-bond donors (Lipinski definition) is 2. The Balaban J connectivity index is 2.86. The first-order valence-corrected chi connectivity index (χ1v) is 5.30. The van der Waals surface area contributed by atoms with Crippen LogP contribution in [0.5, 0.6) is 0 Å². The first kappa shape index (κ1) is 12.1. The van der Waals surface area contributed by atoms with Crippen molar-refractivity contribution >= 4 is 18.5 Å². The first-order valence-electron chi connectivity index (χ1n) is 4.85. The highest BCUT2D eigenvalue weighted by molar-refractivity contribution is 7.80. The number of rotatable bonds is 5. The van der Waals surface area contributed by atoms with Gasteiger partial charge in [-0.25, -0.2) is 0 Å². The predicted molar refractivity (Wildman–Crippen MR) is 62.4 cm³/mol. The molecule has 0 aromatic heterocycles. The molecule has 0 saturated heterocycles. The SMILES string of the molecule is CCOCCc1cccc(S)c1C(N)=O. The molecule has 0 bridgehead atoms. The highest BCUT2D eigenvalue weighted by Gasteiger charge is 2.10. The molecule has 0 atom stereocenters. The molecule has 0 saturated carbocycles. The lowest BCUT2D eigenvalue weighted by Gasteiger charge is -2.08. The molecule has 0 aliphatic rings. The van der Waals surface area contributed by atoms with Crippen molar-refractivity contribution in [2.24, 2.45) is 5.73 Å². The Morgan fingerprint density at radius 3 is 2.87 bits per heavy atom. The molecule has 15 heavy (non-hydrogen) atoms. The number of carbonyl (C=O) groups is 1. The Morgan fingerprint density at radius 1 is 1.53 bits per heavy atom. The van der Waals surface area contributed by atoms with Crippen LogP contribution in [-0.2, 0) is 11.2 Å². The van der Waals surface area contributed by atoms with Crippen molar-refractivity contribution in [3.05, 3.63) is 29.3 Å². The Kier molecular flexibility index (Phi) is 4.65. The molecule has 4 heteroatoms. The Morgan fingerprint density at radius 2 is 2.27 bits per heavy atom. The minimum absolute atomic E-state index is 0.438. The number of thiol groups is 1. The normalized spacial score (nSPS) is 10.3. The van der Waals surface area contributed by atoms with E-state index in [4.69, 9.17) is 10.5 Å². The fraction of sp³-hybridized carbons (Fsp3) is 0.364. The lowest BCUT2D eigenvalue weighted by atomic mass is 10.0. The van der Waals surface area contributed by atoms with Crippen LogP contribution < -0.4 is 5.73 Å². The van der Waals surface area contributed by atoms with Crippen LogP contribution in [0.4, 0.5) is 0 Å². The van der Waals surface area contributed by atoms with Crippen LogP contribution in [0.15, 0.2) is 23.1 Å². The van der Waals surface area contributed by atoms with E-state index in [1.807, 2.05) is 19.1 Å². The smallest absolute Gasteiger partial charge is 0.250 e. The van der Waals surface area contributed by atoms with E-state index in [2.05, 4.69) is 12.6 Å². The van der Waals surface area contributed by atoms with Gasteiger partial charge in [-0.3, -0.25) is 4.79 Å². The van der Waals surface area contributed by atoms with E-state index < -0.39 is 5.91 Å². The van der Waals surface area contributed by atoms with Crippen LogP contribution in [0.3, 0.4) is 0 Å². The minimum atomic E-state index is -0.438. The molecule has 0 aliphatic heterocycles. The van der Waals surface area contributed by atoms with Crippen molar-refractivity contribution in [1.82, 2.24) is 0 Å². The summed E-state index contributed by atoms with van der Waals surface area (Å²) in [6.07, 6.45) is 0.681. The van der Waals surface area contributed by atoms with Gasteiger partial charge in [-0.2, -0.15) is 0 Å². The van der Waals surface area contributed by atoms with Gasteiger partial charge in [0, 0.05) is 11.5 Å². The molecule has 3 nitrogen and oxygen atoms in total. The van der Waals surface area contributed by atoms with Crippen LogP contribution in [0.25, 0.3) is 0 Å². The molecule has 1 aromatic carbocycles. The zero-order valence-corrected chi connectivity index (χ0v) is 9.59. The Hall–Kier alpha value is -1.00. The van der Waals surface area contributed by atoms with Crippen molar-refractivity contribution in [1.29, 1.82) is 0 Å². The molecule has 0 aliphatic carbocycles. The van der Waals surface area contributed by atoms with Crippen molar-refractivity contribution in [2.75, 3.05) is 13.2 Å². The van der Waals surface area contributed by atoms with Gasteiger partial charge in [0.05, 0.1) is 12.2 Å². The minimum Gasteiger partial charge on any atom is -0.381 e. The second-order valence-electron chi connectivity index (χ2n) is 3.12. The number of ether oxygens (including phenoxy) is 1. The van der Waals surface area contributed by atoms with Gasteiger partial charge in [-0.1, -0.05) is 12.1 Å². The van der Waals surface area contributed by atoms with E-state index in [1.165, 1.54) is 0 Å². The third-order valence-electron chi connectivity index (χ3n) is 2.10. The summed E-state index contributed by atoms with van der Waals surface area (Å²) in [6, 6.07) is 5.49. The van der Waals surface area contributed by atoms with Gasteiger partial charge in [0.2, 0.25) is 5.91 Å². The molecular weight excluding hydrogens is 210 g/mol. The monoisotopic (exact) mass is 225 g/mol. The summed E-state index contributed by atoms with van der Waals surface area (Å²) in [5.74, 6) is -0.438. The molecule has 0 radical (unpaired) electrons. The Bertz CT molecular complexity index is 352. The van der Waals surface area contributed by atoms with Gasteiger partial charge in [-0.05, 0) is 25.0 Å². The van der Waals surface area contributed by atoms with Crippen molar-refractivity contribution in [3.8, 4) is 0 Å². The van der Waals surface area contributed by atoms with Gasteiger partial charge in [0.25, 0.3) is 0 Å². The highest BCUT2D eigenvalue weighted by atomic mass is 32.1. The predicted octanol–water partition coefficient (Wildman–Crippen LogP) is 1.65. The molecule has 1 rings (SSSR count). The maximum atomic E-state index is 11.2. The van der Waals surface area contributed by atoms with Gasteiger partial charge in [-0.15, -0.1) is 12.6 Å². The van der Waals surface area contributed by atoms with Gasteiger partial charge >= 0.3 is 0 Å². The molecule has 1 amide bonds. The van der Waals surface area contributed by atoms with E-state index >= 15 is 0 Å². The van der Waals surface area contributed by atoms with Gasteiger partial charge < -0.3 is 10.5 Å². The molecule has 2 N–H and O–H groups in total. The zero-order chi connectivity index (χ0) is 11.3. The van der Waals surface area contributed by atoms with E-state index in [-0.39, 0.29) is 0 Å². The van der Waals surface area contributed by atoms with Crippen LogP contribution in [0.2, 0.25) is 0 Å². The molecule has 0 fully saturated rings. The fourth-order valence-electron chi connectivity index (χ4n) is 1.41. The summed E-state index contributed by atoms with van der Waals surface area (Å²) >= 11 is 4.21. The second-order valence-corrected chi connectivity index (χ2v) is 3.60. The third kappa shape index (κ3) is 3.25. The topological polar surface area (TPSA) is 52.3 Å². The number of nitrogens with two attached hydrogens (primary N) is 1. The maximum absolute atomic E-state index is 11.2. The summed E-state index contributed by atoms with van der Waals surface area (Å²) in [5, 5.41) is 0. The van der Waals surface area contributed by atoms with Crippen LogP contribution in [0.1, 0.15) is 22.8 Å². The van der Waals surface area contributed by atoms with Crippen molar-refractivity contribution in [3.63, 3.8) is 0 Å². The molecule has 1 aromatic rings. The zero-order valence-electron chi connectivity index (χ0n) is 8.69. The molecule has 0 spiro atoms. The number of carbonyl (C=O) groups excluding carboxylic acids is 1. The fourth-order valence-corrected chi connectivity index (χ4v) is 1.75. The quantitative estimate of drug-likeness (QED) is 0.591. The summed E-state index contributed by atoms with van der Waals surface area (Å²) in [6.45, 7) is 3.20. The molecular formula is C11H15NO2S. The second kappa shape index (κ2) is 5.78. The molecule has 0 unspecified atom stereocenters. The lowest BCUT2D eigenvalue weighted by Crippen LogP contribution is -2.15. The summed E-state index contributed by atoms with van der Waals surface area (Å²) in [4.78, 5) is 11.8. The first-order chi connectivity index (χ1) is 7.16. The number of amides is 1. The van der Waals surface area contributed by atoms with Crippen LogP contribution >= 0.6 is 12.6 Å². The average molecular weight is 225 g/mol. The maximum Gasteiger partial charge on any atom is 0.250 e. The van der Waals surface area contributed by atoms with Crippen molar-refractivity contribution < 1.29 is 9.53 Å². The van der Waals surface area contributed by atoms with E-state index in [9.17, 15) is 4.79 Å². The van der Waals surface area contributed by atoms with E-state index in [0.717, 1.165) is 5.56 Å². The van der Waals surface area contributed by atoms with Crippen LogP contribution in [-0.4, -0.2) is 19.1 Å². The van der Waals surface area contributed by atoms with Gasteiger partial charge in [0.1, 0.15) is 0 Å². The highest BCUT2D eigenvalue weighted by Crippen LogP contribution is 2.18. The average Bonchev–Trinajstić information content (AvgIpc) is 2.17. The number of benzene rings is 1. The number of hydrogen-bond acceptors (Lipinski definition) is 3. The lowest BCUT2D eigenvalue weighted by molar-refractivity contribution is 0.0995. The summed E-state index contributed by atoms with van der Waals surface area (Å²) < 4.78 is 5.23.